The van der Waals surface area contributed by atoms with Crippen molar-refractivity contribution < 1.29 is 0 Å². The Morgan fingerprint density at radius 3 is 2.44 bits per heavy atom. The van der Waals surface area contributed by atoms with E-state index in [0.29, 0.717) is 5.82 Å². The highest BCUT2D eigenvalue weighted by atomic mass is 15.1. The molecule has 0 aliphatic carbocycles. The lowest BCUT2D eigenvalue weighted by Gasteiger charge is -2.28. The fraction of sp³-hybridized carbons (Fsp3) is 0.318. The number of pyridine rings is 1. The number of likely N-dealkylation sites (tertiary alicyclic amines) is 1. The summed E-state index contributed by atoms with van der Waals surface area (Å²) >= 11 is 0. The SMILES string of the molecule is Cc1ccc(-c2c(CN3CCCCC3)c(N)nc3ccccc23)cc1. The van der Waals surface area contributed by atoms with Gasteiger partial charge in [0.25, 0.3) is 0 Å². The van der Waals surface area contributed by atoms with Gasteiger partial charge in [-0.15, -0.1) is 0 Å². The van der Waals surface area contributed by atoms with E-state index in [1.54, 1.807) is 0 Å². The lowest BCUT2D eigenvalue weighted by atomic mass is 9.94. The summed E-state index contributed by atoms with van der Waals surface area (Å²) in [7, 11) is 0. The number of hydrogen-bond acceptors (Lipinski definition) is 3. The van der Waals surface area contributed by atoms with Gasteiger partial charge in [-0.25, -0.2) is 4.98 Å². The number of nitrogens with zero attached hydrogens (tertiary/aromatic N) is 2. The molecule has 2 N–H and O–H groups in total. The first-order valence-corrected chi connectivity index (χ1v) is 9.19. The van der Waals surface area contributed by atoms with Crippen LogP contribution in [0.5, 0.6) is 0 Å². The molecule has 0 spiro atoms. The molecule has 1 aromatic heterocycles. The number of rotatable bonds is 3. The van der Waals surface area contributed by atoms with E-state index in [4.69, 9.17) is 10.7 Å². The quantitative estimate of drug-likeness (QED) is 0.751. The minimum absolute atomic E-state index is 0.667. The Hall–Kier alpha value is -2.39. The smallest absolute Gasteiger partial charge is 0.129 e. The zero-order chi connectivity index (χ0) is 17.2. The zero-order valence-electron chi connectivity index (χ0n) is 14.8. The van der Waals surface area contributed by atoms with Crippen molar-refractivity contribution in [3.05, 3.63) is 59.7 Å². The molecule has 1 fully saturated rings. The van der Waals surface area contributed by atoms with Crippen molar-refractivity contribution in [1.82, 2.24) is 9.88 Å². The van der Waals surface area contributed by atoms with E-state index in [9.17, 15) is 0 Å². The van der Waals surface area contributed by atoms with Crippen molar-refractivity contribution >= 4 is 16.7 Å². The average Bonchev–Trinajstić information content (AvgIpc) is 2.64. The van der Waals surface area contributed by atoms with Gasteiger partial charge < -0.3 is 5.73 Å². The van der Waals surface area contributed by atoms with Crippen LogP contribution in [0.3, 0.4) is 0 Å². The number of benzene rings is 2. The second kappa shape index (κ2) is 6.85. The molecule has 0 radical (unpaired) electrons. The highest BCUT2D eigenvalue weighted by Gasteiger charge is 2.19. The third kappa shape index (κ3) is 3.24. The van der Waals surface area contributed by atoms with E-state index in [1.807, 2.05) is 12.1 Å². The summed E-state index contributed by atoms with van der Waals surface area (Å²) in [6, 6.07) is 17.1. The number of aromatic nitrogens is 1. The zero-order valence-corrected chi connectivity index (χ0v) is 14.8. The predicted molar refractivity (Wildman–Crippen MR) is 105 cm³/mol. The Morgan fingerprint density at radius 1 is 0.960 bits per heavy atom. The van der Waals surface area contributed by atoms with Crippen molar-refractivity contribution in [2.45, 2.75) is 32.7 Å². The van der Waals surface area contributed by atoms with Crippen LogP contribution in [0.25, 0.3) is 22.0 Å². The second-order valence-corrected chi connectivity index (χ2v) is 7.07. The molecule has 4 rings (SSSR count). The van der Waals surface area contributed by atoms with Gasteiger partial charge in [0, 0.05) is 17.5 Å². The first-order valence-electron chi connectivity index (χ1n) is 9.19. The van der Waals surface area contributed by atoms with Crippen LogP contribution in [0, 0.1) is 6.92 Å². The largest absolute Gasteiger partial charge is 0.383 e. The molecule has 0 amide bonds. The summed E-state index contributed by atoms with van der Waals surface area (Å²) in [4.78, 5) is 7.21. The third-order valence-corrected chi connectivity index (χ3v) is 5.20. The van der Waals surface area contributed by atoms with Crippen molar-refractivity contribution in [3.8, 4) is 11.1 Å². The van der Waals surface area contributed by atoms with Crippen LogP contribution in [-0.4, -0.2) is 23.0 Å². The number of aryl methyl sites for hydroxylation is 1. The van der Waals surface area contributed by atoms with Gasteiger partial charge in [-0.05, 0) is 50.0 Å². The highest BCUT2D eigenvalue weighted by Crippen LogP contribution is 2.35. The van der Waals surface area contributed by atoms with Gasteiger partial charge in [0.05, 0.1) is 5.52 Å². The second-order valence-electron chi connectivity index (χ2n) is 7.07. The van der Waals surface area contributed by atoms with E-state index in [0.717, 1.165) is 25.2 Å². The van der Waals surface area contributed by atoms with Crippen LogP contribution in [0.1, 0.15) is 30.4 Å². The fourth-order valence-corrected chi connectivity index (χ4v) is 3.82. The van der Waals surface area contributed by atoms with Crippen molar-refractivity contribution in [2.24, 2.45) is 0 Å². The van der Waals surface area contributed by atoms with Gasteiger partial charge in [-0.3, -0.25) is 4.90 Å². The number of nitrogens with two attached hydrogens (primary N) is 1. The van der Waals surface area contributed by atoms with Crippen molar-refractivity contribution in [1.29, 1.82) is 0 Å². The van der Waals surface area contributed by atoms with E-state index < -0.39 is 0 Å². The minimum atomic E-state index is 0.667. The lowest BCUT2D eigenvalue weighted by Crippen LogP contribution is -2.29. The summed E-state index contributed by atoms with van der Waals surface area (Å²) in [6.07, 6.45) is 3.90. The predicted octanol–water partition coefficient (Wildman–Crippen LogP) is 4.78. The number of anilines is 1. The third-order valence-electron chi connectivity index (χ3n) is 5.20. The summed E-state index contributed by atoms with van der Waals surface area (Å²) < 4.78 is 0. The van der Waals surface area contributed by atoms with Crippen LogP contribution >= 0.6 is 0 Å². The van der Waals surface area contributed by atoms with Crippen LogP contribution in [0.15, 0.2) is 48.5 Å². The van der Waals surface area contributed by atoms with Crippen LogP contribution in [0.4, 0.5) is 5.82 Å². The average molecular weight is 331 g/mol. The standard InChI is InChI=1S/C22H25N3/c1-16-9-11-17(12-10-16)21-18-7-3-4-8-20(18)24-22(23)19(21)15-25-13-5-2-6-14-25/h3-4,7-12H,2,5-6,13-15H2,1H3,(H2,23,24). The maximum Gasteiger partial charge on any atom is 0.129 e. The molecule has 1 aliphatic rings. The van der Waals surface area contributed by atoms with Gasteiger partial charge in [-0.2, -0.15) is 0 Å². The molecule has 25 heavy (non-hydrogen) atoms. The molecule has 0 unspecified atom stereocenters. The fourth-order valence-electron chi connectivity index (χ4n) is 3.82. The number of para-hydroxylation sites is 1. The molecule has 1 saturated heterocycles. The summed E-state index contributed by atoms with van der Waals surface area (Å²) in [6.45, 7) is 5.31. The Kier molecular flexibility index (Phi) is 4.41. The van der Waals surface area contributed by atoms with Crippen LogP contribution in [0.2, 0.25) is 0 Å². The van der Waals surface area contributed by atoms with Crippen LogP contribution < -0.4 is 5.73 Å². The Labute approximate surface area is 149 Å². The Bertz CT molecular complexity index is 878. The van der Waals surface area contributed by atoms with Crippen molar-refractivity contribution in [3.63, 3.8) is 0 Å². The van der Waals surface area contributed by atoms with Gasteiger partial charge in [-0.1, -0.05) is 54.4 Å². The normalized spacial score (nSPS) is 15.6. The molecule has 2 heterocycles. The number of piperidine rings is 1. The molecule has 0 saturated carbocycles. The highest BCUT2D eigenvalue weighted by molar-refractivity contribution is 5.98. The monoisotopic (exact) mass is 331 g/mol. The van der Waals surface area contributed by atoms with Crippen LogP contribution in [-0.2, 0) is 6.54 Å². The van der Waals surface area contributed by atoms with Gasteiger partial charge in [0.2, 0.25) is 0 Å². The van der Waals surface area contributed by atoms with Crippen molar-refractivity contribution in [2.75, 3.05) is 18.8 Å². The molecule has 0 atom stereocenters. The summed E-state index contributed by atoms with van der Waals surface area (Å²) in [5.74, 6) is 0.667. The molecule has 3 heteroatoms. The Balaban J connectivity index is 1.88. The summed E-state index contributed by atoms with van der Waals surface area (Å²) in [5.41, 5.74) is 12.3. The maximum atomic E-state index is 6.43. The van der Waals surface area contributed by atoms with E-state index in [-0.39, 0.29) is 0 Å². The lowest BCUT2D eigenvalue weighted by molar-refractivity contribution is 0.221. The molecule has 128 valence electrons. The molecular formula is C22H25N3. The molecule has 3 nitrogen and oxygen atoms in total. The first-order chi connectivity index (χ1) is 12.2. The maximum absolute atomic E-state index is 6.43. The van der Waals surface area contributed by atoms with E-state index >= 15 is 0 Å². The topological polar surface area (TPSA) is 42.1 Å². The minimum Gasteiger partial charge on any atom is -0.383 e. The molecule has 3 aromatic rings. The molecule has 2 aromatic carbocycles. The summed E-state index contributed by atoms with van der Waals surface area (Å²) in [5, 5.41) is 1.19. The number of nitrogen functional groups attached to an aromatic ring is 1. The number of fused-ring (bicyclic) bond motifs is 1. The molecule has 1 aliphatic heterocycles. The molecular weight excluding hydrogens is 306 g/mol. The van der Waals surface area contributed by atoms with E-state index in [2.05, 4.69) is 48.2 Å². The number of hydrogen-bond donors (Lipinski definition) is 1. The van der Waals surface area contributed by atoms with E-state index in [1.165, 1.54) is 46.9 Å². The molecule has 0 bridgehead atoms. The van der Waals surface area contributed by atoms with Gasteiger partial charge in [0.1, 0.15) is 5.82 Å². The first kappa shape index (κ1) is 16.1. The van der Waals surface area contributed by atoms with Gasteiger partial charge in [0.15, 0.2) is 0 Å². The van der Waals surface area contributed by atoms with Gasteiger partial charge >= 0.3 is 0 Å². The Morgan fingerprint density at radius 2 is 1.68 bits per heavy atom.